The van der Waals surface area contributed by atoms with Crippen molar-refractivity contribution in [3.05, 3.63) is 12.2 Å². The van der Waals surface area contributed by atoms with Crippen LogP contribution >= 0.6 is 0 Å². The van der Waals surface area contributed by atoms with Crippen molar-refractivity contribution in [1.82, 2.24) is 0 Å². The van der Waals surface area contributed by atoms with Gasteiger partial charge >= 0.3 is 17.9 Å². The van der Waals surface area contributed by atoms with E-state index in [2.05, 4.69) is 32.9 Å². The molecule has 0 rings (SSSR count). The lowest BCUT2D eigenvalue weighted by atomic mass is 10.0. The minimum atomic E-state index is -0.769. The summed E-state index contributed by atoms with van der Waals surface area (Å²) in [5.41, 5.74) is 0. The molecular formula is C66H126O6. The summed E-state index contributed by atoms with van der Waals surface area (Å²) < 4.78 is 16.9. The highest BCUT2D eigenvalue weighted by molar-refractivity contribution is 5.71. The van der Waals surface area contributed by atoms with E-state index in [-0.39, 0.29) is 31.1 Å². The van der Waals surface area contributed by atoms with Crippen LogP contribution in [0.25, 0.3) is 0 Å². The number of allylic oxidation sites excluding steroid dienone is 2. The van der Waals surface area contributed by atoms with Crippen molar-refractivity contribution < 1.29 is 28.6 Å². The summed E-state index contributed by atoms with van der Waals surface area (Å²) in [6.07, 6.45) is 72.4. The van der Waals surface area contributed by atoms with Gasteiger partial charge in [0.15, 0.2) is 6.10 Å². The Morgan fingerprint density at radius 1 is 0.264 bits per heavy atom. The number of esters is 3. The van der Waals surface area contributed by atoms with Crippen LogP contribution in [0, 0.1) is 0 Å². The van der Waals surface area contributed by atoms with Crippen LogP contribution in [-0.4, -0.2) is 37.2 Å². The van der Waals surface area contributed by atoms with E-state index in [9.17, 15) is 14.4 Å². The highest BCUT2D eigenvalue weighted by Gasteiger charge is 2.19. The molecule has 0 N–H and O–H groups in total. The van der Waals surface area contributed by atoms with Crippen LogP contribution in [0.2, 0.25) is 0 Å². The molecule has 0 aliphatic rings. The molecule has 0 aliphatic heterocycles. The molecule has 6 heteroatoms. The average molecular weight is 1020 g/mol. The Kier molecular flexibility index (Phi) is 60.1. The van der Waals surface area contributed by atoms with Crippen molar-refractivity contribution in [3.63, 3.8) is 0 Å². The van der Waals surface area contributed by atoms with Crippen molar-refractivity contribution in [3.8, 4) is 0 Å². The van der Waals surface area contributed by atoms with Gasteiger partial charge in [0.1, 0.15) is 13.2 Å². The molecule has 0 saturated heterocycles. The zero-order valence-corrected chi connectivity index (χ0v) is 49.0. The minimum Gasteiger partial charge on any atom is -0.462 e. The summed E-state index contributed by atoms with van der Waals surface area (Å²) in [5.74, 6) is -0.848. The lowest BCUT2D eigenvalue weighted by Crippen LogP contribution is -2.30. The fourth-order valence-electron chi connectivity index (χ4n) is 10.1. The van der Waals surface area contributed by atoms with E-state index in [0.717, 1.165) is 64.2 Å². The Hall–Kier alpha value is -1.85. The lowest BCUT2D eigenvalue weighted by Gasteiger charge is -2.18. The standard InChI is InChI=1S/C66H126O6/c1-4-7-10-13-16-19-22-25-27-28-29-30-31-32-33-34-35-36-37-38-40-41-44-47-50-53-56-59-65(68)71-62-63(61-70-64(67)58-55-52-49-46-43-24-21-18-15-12-9-6-3)72-66(69)60-57-54-51-48-45-42-39-26-23-20-17-14-11-8-5-2/h26,39,63H,4-25,27-38,40-62H2,1-3H3/b39-26-. The van der Waals surface area contributed by atoms with E-state index < -0.39 is 6.10 Å². The minimum absolute atomic E-state index is 0.0671. The van der Waals surface area contributed by atoms with Gasteiger partial charge in [0, 0.05) is 19.3 Å². The fourth-order valence-corrected chi connectivity index (χ4v) is 10.1. The van der Waals surface area contributed by atoms with Crippen molar-refractivity contribution in [2.75, 3.05) is 13.2 Å². The van der Waals surface area contributed by atoms with E-state index in [0.29, 0.717) is 19.3 Å². The van der Waals surface area contributed by atoms with Crippen LogP contribution in [0.3, 0.4) is 0 Å². The van der Waals surface area contributed by atoms with Gasteiger partial charge in [-0.3, -0.25) is 14.4 Å². The molecule has 0 saturated carbocycles. The van der Waals surface area contributed by atoms with E-state index >= 15 is 0 Å². The number of rotatable bonds is 61. The number of ether oxygens (including phenoxy) is 3. The number of unbranched alkanes of at least 4 members (excludes halogenated alkanes) is 48. The molecule has 0 amide bonds. The van der Waals surface area contributed by atoms with Crippen molar-refractivity contribution >= 4 is 17.9 Å². The molecule has 0 heterocycles. The summed E-state index contributed by atoms with van der Waals surface area (Å²) >= 11 is 0. The zero-order chi connectivity index (χ0) is 52.2. The molecule has 0 bridgehead atoms. The first kappa shape index (κ1) is 70.1. The predicted octanol–water partition coefficient (Wildman–Crippen LogP) is 22.1. The second-order valence-electron chi connectivity index (χ2n) is 22.4. The Balaban J connectivity index is 4.14. The monoisotopic (exact) mass is 1010 g/mol. The third-order valence-corrected chi connectivity index (χ3v) is 15.0. The number of carbonyl (C=O) groups excluding carboxylic acids is 3. The molecule has 0 fully saturated rings. The van der Waals surface area contributed by atoms with E-state index in [4.69, 9.17) is 14.2 Å². The van der Waals surface area contributed by atoms with Crippen molar-refractivity contribution in [2.24, 2.45) is 0 Å². The fraction of sp³-hybridized carbons (Fsp3) is 0.924. The summed E-state index contributed by atoms with van der Waals surface area (Å²) in [6, 6.07) is 0. The molecule has 0 aromatic rings. The maximum atomic E-state index is 12.9. The molecule has 0 spiro atoms. The summed E-state index contributed by atoms with van der Waals surface area (Å²) in [4.78, 5) is 38.2. The molecule has 0 radical (unpaired) electrons. The highest BCUT2D eigenvalue weighted by Crippen LogP contribution is 2.18. The highest BCUT2D eigenvalue weighted by atomic mass is 16.6. The van der Waals surface area contributed by atoms with Gasteiger partial charge in [-0.25, -0.2) is 0 Å². The van der Waals surface area contributed by atoms with E-state index in [1.807, 2.05) is 0 Å². The maximum absolute atomic E-state index is 12.9. The number of hydrogen-bond donors (Lipinski definition) is 0. The Labute approximate surface area is 450 Å². The van der Waals surface area contributed by atoms with Crippen LogP contribution < -0.4 is 0 Å². The Morgan fingerprint density at radius 3 is 0.694 bits per heavy atom. The Bertz CT molecular complexity index is 1120. The molecule has 0 aliphatic carbocycles. The van der Waals surface area contributed by atoms with Gasteiger partial charge in [-0.15, -0.1) is 0 Å². The second kappa shape index (κ2) is 61.7. The quantitative estimate of drug-likeness (QED) is 0.0261. The van der Waals surface area contributed by atoms with Crippen LogP contribution in [-0.2, 0) is 28.6 Å². The molecule has 0 aromatic carbocycles. The van der Waals surface area contributed by atoms with Gasteiger partial charge < -0.3 is 14.2 Å². The molecule has 1 atom stereocenters. The van der Waals surface area contributed by atoms with Crippen LogP contribution in [0.5, 0.6) is 0 Å². The van der Waals surface area contributed by atoms with Crippen LogP contribution in [0.15, 0.2) is 12.2 Å². The Morgan fingerprint density at radius 2 is 0.458 bits per heavy atom. The van der Waals surface area contributed by atoms with Crippen molar-refractivity contribution in [1.29, 1.82) is 0 Å². The van der Waals surface area contributed by atoms with Crippen LogP contribution in [0.1, 0.15) is 374 Å². The van der Waals surface area contributed by atoms with Crippen LogP contribution in [0.4, 0.5) is 0 Å². The zero-order valence-electron chi connectivity index (χ0n) is 49.0. The summed E-state index contributed by atoms with van der Waals surface area (Å²) in [7, 11) is 0. The number of hydrogen-bond acceptors (Lipinski definition) is 6. The van der Waals surface area contributed by atoms with Crippen molar-refractivity contribution in [2.45, 2.75) is 380 Å². The van der Waals surface area contributed by atoms with Gasteiger partial charge in [0.05, 0.1) is 0 Å². The van der Waals surface area contributed by atoms with Gasteiger partial charge in [-0.1, -0.05) is 322 Å². The first-order valence-corrected chi connectivity index (χ1v) is 32.7. The molecular weight excluding hydrogens is 889 g/mol. The summed E-state index contributed by atoms with van der Waals surface area (Å²) in [5, 5.41) is 0. The first-order chi connectivity index (χ1) is 35.5. The summed E-state index contributed by atoms with van der Waals surface area (Å²) in [6.45, 7) is 6.69. The average Bonchev–Trinajstić information content (AvgIpc) is 3.38. The third-order valence-electron chi connectivity index (χ3n) is 15.0. The predicted molar refractivity (Wildman–Crippen MR) is 312 cm³/mol. The largest absolute Gasteiger partial charge is 0.462 e. The van der Waals surface area contributed by atoms with E-state index in [1.165, 1.54) is 270 Å². The normalized spacial score (nSPS) is 12.0. The lowest BCUT2D eigenvalue weighted by molar-refractivity contribution is -0.167. The SMILES string of the molecule is CCCCCCCC/C=C\CCCCCCCC(=O)OC(COC(=O)CCCCCCCCCCCCCC)COC(=O)CCCCCCCCCCCCCCCCCCCCCCCCCCCCC. The first-order valence-electron chi connectivity index (χ1n) is 32.7. The van der Waals surface area contributed by atoms with Gasteiger partial charge in [0.25, 0.3) is 0 Å². The molecule has 1 unspecified atom stereocenters. The molecule has 0 aromatic heterocycles. The van der Waals surface area contributed by atoms with Gasteiger partial charge in [-0.2, -0.15) is 0 Å². The second-order valence-corrected chi connectivity index (χ2v) is 22.4. The smallest absolute Gasteiger partial charge is 0.306 e. The molecule has 6 nitrogen and oxygen atoms in total. The number of carbonyl (C=O) groups is 3. The van der Waals surface area contributed by atoms with Gasteiger partial charge in [0.2, 0.25) is 0 Å². The third kappa shape index (κ3) is 59.0. The van der Waals surface area contributed by atoms with Gasteiger partial charge in [-0.05, 0) is 44.9 Å². The molecule has 72 heavy (non-hydrogen) atoms. The maximum Gasteiger partial charge on any atom is 0.306 e. The van der Waals surface area contributed by atoms with E-state index in [1.54, 1.807) is 0 Å². The topological polar surface area (TPSA) is 78.9 Å². The molecule has 426 valence electrons.